The molecule has 2 aromatic carbocycles. The van der Waals surface area contributed by atoms with Gasteiger partial charge in [-0.25, -0.2) is 0 Å². The average molecular weight is 339 g/mol. The lowest BCUT2D eigenvalue weighted by molar-refractivity contribution is -0.00722. The monoisotopic (exact) mass is 339 g/mol. The Morgan fingerprint density at radius 2 is 1.88 bits per heavy atom. The van der Waals surface area contributed by atoms with Gasteiger partial charge in [0.15, 0.2) is 0 Å². The molecule has 122 valence electrons. The maximum Gasteiger partial charge on any atom is 0.286 e. The number of nitrogens with zero attached hydrogens (tertiary/aromatic N) is 1. The molecule has 0 unspecified atom stereocenters. The zero-order chi connectivity index (χ0) is 17.1. The molecule has 4 nitrogen and oxygen atoms in total. The molecule has 24 heavy (non-hydrogen) atoms. The van der Waals surface area contributed by atoms with Crippen LogP contribution >= 0.6 is 12.0 Å². The first kappa shape index (κ1) is 16.6. The second-order valence-electron chi connectivity index (χ2n) is 5.44. The number of carbonyl (C=O) groups excluding carboxylic acids is 2. The second-order valence-corrected chi connectivity index (χ2v) is 5.92. The van der Waals surface area contributed by atoms with Crippen LogP contribution in [0.1, 0.15) is 52.5 Å². The summed E-state index contributed by atoms with van der Waals surface area (Å²) >= 11 is 0.961. The van der Waals surface area contributed by atoms with E-state index in [-0.39, 0.29) is 0 Å². The first-order chi connectivity index (χ1) is 11.7. The number of unbranched alkanes of at least 4 members (excludes halogenated alkanes) is 2. The third-order valence-corrected chi connectivity index (χ3v) is 4.20. The van der Waals surface area contributed by atoms with Crippen LogP contribution in [0, 0.1) is 11.8 Å². The van der Waals surface area contributed by atoms with E-state index in [4.69, 9.17) is 4.28 Å². The number of hydrogen-bond donors (Lipinski definition) is 0. The number of benzene rings is 2. The molecule has 0 saturated carbocycles. The van der Waals surface area contributed by atoms with Crippen LogP contribution in [0.4, 0.5) is 0 Å². The highest BCUT2D eigenvalue weighted by molar-refractivity contribution is 7.93. The highest BCUT2D eigenvalue weighted by atomic mass is 32.2. The van der Waals surface area contributed by atoms with Gasteiger partial charge in [0.1, 0.15) is 0 Å². The Morgan fingerprint density at radius 1 is 1.12 bits per heavy atom. The molecular weight excluding hydrogens is 322 g/mol. The van der Waals surface area contributed by atoms with Crippen LogP contribution in [-0.2, 0) is 4.28 Å². The van der Waals surface area contributed by atoms with Gasteiger partial charge in [-0.15, -0.1) is 5.06 Å². The summed E-state index contributed by atoms with van der Waals surface area (Å²) in [6.07, 6.45) is 4.66. The van der Waals surface area contributed by atoms with Crippen molar-refractivity contribution in [3.05, 3.63) is 47.0 Å². The number of imide groups is 1. The van der Waals surface area contributed by atoms with E-state index in [1.165, 1.54) is 0 Å². The van der Waals surface area contributed by atoms with Crippen LogP contribution in [0.3, 0.4) is 0 Å². The fourth-order valence-corrected chi connectivity index (χ4v) is 3.03. The van der Waals surface area contributed by atoms with Crippen molar-refractivity contribution in [1.82, 2.24) is 5.06 Å². The summed E-state index contributed by atoms with van der Waals surface area (Å²) < 4.78 is 5.14. The predicted molar refractivity (Wildman–Crippen MR) is 95.5 cm³/mol. The van der Waals surface area contributed by atoms with Crippen molar-refractivity contribution in [1.29, 1.82) is 0 Å². The molecule has 0 spiro atoms. The Hall–Kier alpha value is -2.29. The van der Waals surface area contributed by atoms with E-state index < -0.39 is 11.8 Å². The van der Waals surface area contributed by atoms with E-state index in [2.05, 4.69) is 18.8 Å². The van der Waals surface area contributed by atoms with E-state index in [1.807, 2.05) is 18.2 Å². The Morgan fingerprint density at radius 3 is 2.58 bits per heavy atom. The van der Waals surface area contributed by atoms with Crippen LogP contribution in [0.15, 0.2) is 30.3 Å². The molecule has 2 amide bonds. The Bertz CT molecular complexity index is 857. The van der Waals surface area contributed by atoms with Crippen LogP contribution in [0.5, 0.6) is 0 Å². The van der Waals surface area contributed by atoms with Gasteiger partial charge in [0, 0.05) is 35.7 Å². The minimum absolute atomic E-state index is 0.441. The minimum Gasteiger partial charge on any atom is -0.266 e. The molecule has 0 fully saturated rings. The van der Waals surface area contributed by atoms with Gasteiger partial charge in [-0.3, -0.25) is 9.59 Å². The number of amides is 2. The third kappa shape index (κ3) is 2.79. The zero-order valence-corrected chi connectivity index (χ0v) is 14.4. The fourth-order valence-electron chi connectivity index (χ4n) is 2.75. The van der Waals surface area contributed by atoms with E-state index in [0.717, 1.165) is 47.3 Å². The molecule has 5 heteroatoms. The Balaban J connectivity index is 2.14. The molecule has 1 aliphatic heterocycles. The predicted octanol–water partition coefficient (Wildman–Crippen LogP) is 4.19. The van der Waals surface area contributed by atoms with Crippen molar-refractivity contribution < 1.29 is 13.9 Å². The third-order valence-electron chi connectivity index (χ3n) is 3.90. The average Bonchev–Trinajstić information content (AvgIpc) is 2.60. The molecular formula is C19H17NO3S. The van der Waals surface area contributed by atoms with E-state index in [1.54, 1.807) is 18.4 Å². The van der Waals surface area contributed by atoms with Crippen molar-refractivity contribution >= 4 is 34.6 Å². The largest absolute Gasteiger partial charge is 0.286 e. The van der Waals surface area contributed by atoms with Crippen LogP contribution in [-0.4, -0.2) is 23.1 Å². The molecule has 0 bridgehead atoms. The lowest BCUT2D eigenvalue weighted by atomic mass is 9.92. The van der Waals surface area contributed by atoms with Crippen LogP contribution in [0.2, 0.25) is 0 Å². The molecule has 2 aromatic rings. The van der Waals surface area contributed by atoms with Gasteiger partial charge < -0.3 is 0 Å². The van der Waals surface area contributed by atoms with Gasteiger partial charge in [-0.1, -0.05) is 37.3 Å². The second kappa shape index (κ2) is 7.08. The highest BCUT2D eigenvalue weighted by Crippen LogP contribution is 2.32. The maximum atomic E-state index is 12.5. The molecule has 1 aliphatic rings. The highest BCUT2D eigenvalue weighted by Gasteiger charge is 2.34. The van der Waals surface area contributed by atoms with Crippen molar-refractivity contribution in [2.75, 3.05) is 6.26 Å². The smallest absolute Gasteiger partial charge is 0.266 e. The Kier molecular flexibility index (Phi) is 4.89. The summed E-state index contributed by atoms with van der Waals surface area (Å²) in [4.78, 5) is 25.1. The van der Waals surface area contributed by atoms with Crippen LogP contribution in [0.25, 0.3) is 10.8 Å². The Labute approximate surface area is 145 Å². The van der Waals surface area contributed by atoms with Gasteiger partial charge in [-0.2, -0.15) is 4.28 Å². The van der Waals surface area contributed by atoms with Crippen molar-refractivity contribution in [2.24, 2.45) is 0 Å². The summed E-state index contributed by atoms with van der Waals surface area (Å²) in [5.74, 6) is 5.45. The fraction of sp³-hybridized carbons (Fsp3) is 0.263. The summed E-state index contributed by atoms with van der Waals surface area (Å²) in [5.41, 5.74) is 1.77. The molecule has 0 saturated heterocycles. The van der Waals surface area contributed by atoms with Gasteiger partial charge in [0.2, 0.25) is 0 Å². The van der Waals surface area contributed by atoms with Crippen molar-refractivity contribution in [3.63, 3.8) is 0 Å². The maximum absolute atomic E-state index is 12.5. The minimum atomic E-state index is -0.441. The molecule has 0 atom stereocenters. The molecule has 1 heterocycles. The lowest BCUT2D eigenvalue weighted by Gasteiger charge is -2.25. The van der Waals surface area contributed by atoms with Crippen molar-refractivity contribution in [3.8, 4) is 11.8 Å². The van der Waals surface area contributed by atoms with E-state index in [9.17, 15) is 9.59 Å². The molecule has 0 N–H and O–H groups in total. The lowest BCUT2D eigenvalue weighted by Crippen LogP contribution is -2.38. The number of rotatable bonds is 4. The molecule has 3 rings (SSSR count). The first-order valence-corrected chi connectivity index (χ1v) is 8.98. The standard InChI is InChI=1S/C19H17NO3S/c1-3-4-5-6-8-13-11-12-16-17-14(13)9-7-10-15(17)18(21)20(19(16)22)23-24-2/h7,9-12H,3-5H2,1-2H3. The topological polar surface area (TPSA) is 46.6 Å². The van der Waals surface area contributed by atoms with Gasteiger partial charge in [0.05, 0.1) is 11.1 Å². The first-order valence-electron chi connectivity index (χ1n) is 7.83. The van der Waals surface area contributed by atoms with Gasteiger partial charge in [-0.05, 0) is 30.0 Å². The summed E-state index contributed by atoms with van der Waals surface area (Å²) in [5, 5.41) is 2.31. The van der Waals surface area contributed by atoms with Gasteiger partial charge >= 0.3 is 0 Å². The van der Waals surface area contributed by atoms with Crippen molar-refractivity contribution in [2.45, 2.75) is 26.2 Å². The van der Waals surface area contributed by atoms with Crippen LogP contribution < -0.4 is 0 Å². The quantitative estimate of drug-likeness (QED) is 0.363. The number of hydroxylamine groups is 2. The molecule has 0 radical (unpaired) electrons. The summed E-state index contributed by atoms with van der Waals surface area (Å²) in [6, 6.07) is 8.99. The molecule has 0 aromatic heterocycles. The molecule has 0 aliphatic carbocycles. The summed E-state index contributed by atoms with van der Waals surface area (Å²) in [7, 11) is 0. The number of hydrogen-bond acceptors (Lipinski definition) is 4. The normalized spacial score (nSPS) is 13.2. The number of carbonyl (C=O) groups is 2. The van der Waals surface area contributed by atoms with Gasteiger partial charge in [0.25, 0.3) is 11.8 Å². The van der Waals surface area contributed by atoms with E-state index >= 15 is 0 Å². The zero-order valence-electron chi connectivity index (χ0n) is 13.6. The summed E-state index contributed by atoms with van der Waals surface area (Å²) in [6.45, 7) is 2.13. The SMILES string of the molecule is CCCCC#Cc1ccc2c3c(cccc13)C(=O)N(OSC)C2=O. The van der Waals surface area contributed by atoms with E-state index in [0.29, 0.717) is 16.5 Å².